The van der Waals surface area contributed by atoms with Gasteiger partial charge in [0.2, 0.25) is 0 Å². The highest BCUT2D eigenvalue weighted by Gasteiger charge is 2.19. The molecule has 1 aliphatic rings. The highest BCUT2D eigenvalue weighted by atomic mass is 35.5. The van der Waals surface area contributed by atoms with Crippen LogP contribution in [0.15, 0.2) is 6.20 Å². The van der Waals surface area contributed by atoms with Crippen LogP contribution < -0.4 is 0 Å². The molecule has 2 rings (SSSR count). The van der Waals surface area contributed by atoms with Gasteiger partial charge in [-0.1, -0.05) is 31.4 Å². The Morgan fingerprint density at radius 1 is 1.53 bits per heavy atom. The van der Waals surface area contributed by atoms with Crippen molar-refractivity contribution in [2.75, 3.05) is 0 Å². The van der Waals surface area contributed by atoms with Gasteiger partial charge in [-0.05, 0) is 26.2 Å². The Morgan fingerprint density at radius 2 is 2.24 bits per heavy atom. The van der Waals surface area contributed by atoms with E-state index >= 15 is 0 Å². The van der Waals surface area contributed by atoms with Crippen LogP contribution in [-0.2, 0) is 11.3 Å². The van der Waals surface area contributed by atoms with E-state index in [1.807, 2.05) is 10.9 Å². The van der Waals surface area contributed by atoms with E-state index in [-0.39, 0.29) is 6.10 Å². The van der Waals surface area contributed by atoms with E-state index in [4.69, 9.17) is 16.3 Å². The summed E-state index contributed by atoms with van der Waals surface area (Å²) in [5.41, 5.74) is 0.874. The van der Waals surface area contributed by atoms with Crippen molar-refractivity contribution in [3.8, 4) is 0 Å². The molecule has 0 N–H and O–H groups in total. The number of halogens is 1. The fourth-order valence-corrected chi connectivity index (χ4v) is 2.39. The number of ether oxygens (including phenoxy) is 1. The zero-order valence-electron chi connectivity index (χ0n) is 10.7. The Hall–Kier alpha value is -0.540. The minimum absolute atomic E-state index is 0.266. The topological polar surface area (TPSA) is 27.1 Å². The molecule has 4 heteroatoms. The number of hydrogen-bond donors (Lipinski definition) is 0. The molecule has 1 aromatic rings. The van der Waals surface area contributed by atoms with Gasteiger partial charge in [0.1, 0.15) is 5.69 Å². The first-order valence-corrected chi connectivity index (χ1v) is 6.93. The van der Waals surface area contributed by atoms with Crippen LogP contribution in [0.2, 0.25) is 5.02 Å². The third kappa shape index (κ3) is 3.23. The summed E-state index contributed by atoms with van der Waals surface area (Å²) in [6, 6.07) is 0.546. The van der Waals surface area contributed by atoms with E-state index in [1.165, 1.54) is 25.7 Å². The predicted molar refractivity (Wildman–Crippen MR) is 69.3 cm³/mol. The van der Waals surface area contributed by atoms with Crippen molar-refractivity contribution >= 4 is 11.6 Å². The molecule has 17 heavy (non-hydrogen) atoms. The van der Waals surface area contributed by atoms with E-state index in [2.05, 4.69) is 18.9 Å². The van der Waals surface area contributed by atoms with E-state index in [0.717, 1.165) is 17.1 Å². The van der Waals surface area contributed by atoms with E-state index in [9.17, 15) is 0 Å². The maximum absolute atomic E-state index is 6.19. The summed E-state index contributed by atoms with van der Waals surface area (Å²) in [5, 5.41) is 5.29. The molecule has 1 saturated carbocycles. The summed E-state index contributed by atoms with van der Waals surface area (Å²) < 4.78 is 7.71. The normalized spacial score (nSPS) is 18.8. The average molecular weight is 257 g/mol. The zero-order valence-corrected chi connectivity index (χ0v) is 11.4. The van der Waals surface area contributed by atoms with Crippen molar-refractivity contribution in [1.82, 2.24) is 9.78 Å². The van der Waals surface area contributed by atoms with Crippen molar-refractivity contribution in [3.63, 3.8) is 0 Å². The summed E-state index contributed by atoms with van der Waals surface area (Å²) in [7, 11) is 0. The molecule has 0 aromatic carbocycles. The second-order valence-electron chi connectivity index (χ2n) is 4.87. The SMILES string of the molecule is CCC(C)OCc1nn(C2CCCC2)cc1Cl. The molecule has 1 heterocycles. The van der Waals surface area contributed by atoms with Crippen LogP contribution in [0.25, 0.3) is 0 Å². The molecule has 0 spiro atoms. The van der Waals surface area contributed by atoms with Gasteiger partial charge in [-0.25, -0.2) is 0 Å². The molecule has 1 fully saturated rings. The fourth-order valence-electron chi connectivity index (χ4n) is 2.20. The van der Waals surface area contributed by atoms with Gasteiger partial charge in [-0.15, -0.1) is 0 Å². The maximum Gasteiger partial charge on any atom is 0.107 e. The molecule has 1 aliphatic carbocycles. The quantitative estimate of drug-likeness (QED) is 0.797. The van der Waals surface area contributed by atoms with Crippen LogP contribution in [0.1, 0.15) is 57.7 Å². The smallest absolute Gasteiger partial charge is 0.107 e. The lowest BCUT2D eigenvalue weighted by atomic mass is 10.3. The zero-order chi connectivity index (χ0) is 12.3. The van der Waals surface area contributed by atoms with Crippen molar-refractivity contribution in [3.05, 3.63) is 16.9 Å². The molecule has 3 nitrogen and oxygen atoms in total. The molecule has 0 saturated heterocycles. The van der Waals surface area contributed by atoms with Crippen molar-refractivity contribution in [2.24, 2.45) is 0 Å². The Balaban J connectivity index is 1.97. The van der Waals surface area contributed by atoms with Gasteiger partial charge in [0, 0.05) is 6.20 Å². The van der Waals surface area contributed by atoms with E-state index < -0.39 is 0 Å². The summed E-state index contributed by atoms with van der Waals surface area (Å²) in [6.45, 7) is 4.71. The molecule has 96 valence electrons. The van der Waals surface area contributed by atoms with Crippen molar-refractivity contribution < 1.29 is 4.74 Å². The van der Waals surface area contributed by atoms with Crippen molar-refractivity contribution in [2.45, 2.75) is 64.7 Å². The highest BCUT2D eigenvalue weighted by molar-refractivity contribution is 6.31. The maximum atomic E-state index is 6.19. The minimum atomic E-state index is 0.266. The van der Waals surface area contributed by atoms with E-state index in [1.54, 1.807) is 0 Å². The Labute approximate surface area is 108 Å². The first-order valence-electron chi connectivity index (χ1n) is 6.55. The number of nitrogens with zero attached hydrogens (tertiary/aromatic N) is 2. The molecule has 0 aliphatic heterocycles. The molecule has 1 unspecified atom stereocenters. The van der Waals surface area contributed by atoms with Crippen molar-refractivity contribution in [1.29, 1.82) is 0 Å². The summed E-state index contributed by atoms with van der Waals surface area (Å²) >= 11 is 6.19. The lowest BCUT2D eigenvalue weighted by molar-refractivity contribution is 0.0485. The standard InChI is InChI=1S/C13H21ClN2O/c1-3-10(2)17-9-13-12(14)8-16(15-13)11-6-4-5-7-11/h8,10-11H,3-7,9H2,1-2H3. The number of rotatable bonds is 5. The fraction of sp³-hybridized carbons (Fsp3) is 0.769. The Morgan fingerprint density at radius 3 is 2.88 bits per heavy atom. The van der Waals surface area contributed by atoms with Gasteiger partial charge in [0.25, 0.3) is 0 Å². The highest BCUT2D eigenvalue weighted by Crippen LogP contribution is 2.30. The first-order chi connectivity index (χ1) is 8.20. The second kappa shape index (κ2) is 5.87. The number of hydrogen-bond acceptors (Lipinski definition) is 2. The van der Waals surface area contributed by atoms with Gasteiger partial charge in [0.15, 0.2) is 0 Å². The van der Waals surface area contributed by atoms with Gasteiger partial charge in [-0.3, -0.25) is 4.68 Å². The third-order valence-corrected chi connectivity index (χ3v) is 3.85. The molecular formula is C13H21ClN2O. The second-order valence-corrected chi connectivity index (χ2v) is 5.28. The molecule has 0 radical (unpaired) electrons. The monoisotopic (exact) mass is 256 g/mol. The lowest BCUT2D eigenvalue weighted by Crippen LogP contribution is -2.08. The van der Waals surface area contributed by atoms with Gasteiger partial charge in [-0.2, -0.15) is 5.10 Å². The average Bonchev–Trinajstić information content (AvgIpc) is 2.95. The summed E-state index contributed by atoms with van der Waals surface area (Å²) in [4.78, 5) is 0. The van der Waals surface area contributed by atoms with Crippen LogP contribution in [0.5, 0.6) is 0 Å². The van der Waals surface area contributed by atoms with Crippen LogP contribution in [0, 0.1) is 0 Å². The molecular weight excluding hydrogens is 236 g/mol. The predicted octanol–water partition coefficient (Wildman–Crippen LogP) is 3.97. The van der Waals surface area contributed by atoms with Crippen LogP contribution in [0.4, 0.5) is 0 Å². The van der Waals surface area contributed by atoms with E-state index in [0.29, 0.717) is 12.6 Å². The summed E-state index contributed by atoms with van der Waals surface area (Å²) in [6.07, 6.45) is 8.30. The Bertz CT molecular complexity index is 358. The largest absolute Gasteiger partial charge is 0.372 e. The third-order valence-electron chi connectivity index (χ3n) is 3.54. The molecule has 1 atom stereocenters. The molecule has 0 amide bonds. The van der Waals surface area contributed by atoms with Crippen LogP contribution in [0.3, 0.4) is 0 Å². The number of aromatic nitrogens is 2. The minimum Gasteiger partial charge on any atom is -0.372 e. The van der Waals surface area contributed by atoms with Gasteiger partial charge >= 0.3 is 0 Å². The van der Waals surface area contributed by atoms with Gasteiger partial charge < -0.3 is 4.74 Å². The molecule has 1 aromatic heterocycles. The van der Waals surface area contributed by atoms with Crippen LogP contribution in [-0.4, -0.2) is 15.9 Å². The summed E-state index contributed by atoms with van der Waals surface area (Å²) in [5.74, 6) is 0. The Kier molecular flexibility index (Phi) is 4.46. The first kappa shape index (κ1) is 12.9. The van der Waals surface area contributed by atoms with Gasteiger partial charge in [0.05, 0.1) is 23.8 Å². The molecule has 0 bridgehead atoms. The van der Waals surface area contributed by atoms with Crippen LogP contribution >= 0.6 is 11.6 Å². The lowest BCUT2D eigenvalue weighted by Gasteiger charge is -2.10.